The summed E-state index contributed by atoms with van der Waals surface area (Å²) in [5.74, 6) is 0.836. The van der Waals surface area contributed by atoms with E-state index in [0.717, 1.165) is 11.3 Å². The van der Waals surface area contributed by atoms with E-state index in [9.17, 15) is 0 Å². The number of rotatable bonds is 1. The Kier molecular flexibility index (Phi) is 2.46. The number of benzene rings is 3. The summed E-state index contributed by atoms with van der Waals surface area (Å²) in [4.78, 5) is 5.42. The van der Waals surface area contributed by atoms with Crippen LogP contribution in [-0.4, -0.2) is 0 Å². The minimum absolute atomic E-state index is 0.836. The predicted molar refractivity (Wildman–Crippen MR) is 82.8 cm³/mol. The van der Waals surface area contributed by atoms with E-state index in [1.807, 2.05) is 12.2 Å². The first kappa shape index (κ1) is 11.1. The Morgan fingerprint density at radius 1 is 0.750 bits per heavy atom. The highest BCUT2D eigenvalue weighted by Gasteiger charge is 2.06. The highest BCUT2D eigenvalue weighted by molar-refractivity contribution is 5.99. The van der Waals surface area contributed by atoms with Crippen LogP contribution in [0, 0.1) is 0 Å². The summed E-state index contributed by atoms with van der Waals surface area (Å²) in [5.41, 5.74) is 3.84. The molecule has 4 rings (SSSR count). The topological polar surface area (TPSA) is 21.3 Å². The van der Waals surface area contributed by atoms with Crippen LogP contribution in [0.4, 0.5) is 0 Å². The van der Waals surface area contributed by atoms with Gasteiger partial charge in [-0.25, -0.2) is 5.48 Å². The molecule has 0 spiro atoms. The van der Waals surface area contributed by atoms with E-state index in [1.54, 1.807) is 6.20 Å². The molecule has 0 radical (unpaired) electrons. The smallest absolute Gasteiger partial charge is 0.162 e. The van der Waals surface area contributed by atoms with Crippen molar-refractivity contribution in [1.82, 2.24) is 5.48 Å². The van der Waals surface area contributed by atoms with Crippen molar-refractivity contribution in [2.75, 3.05) is 0 Å². The number of nitrogens with one attached hydrogen (secondary N) is 1. The zero-order valence-electron chi connectivity index (χ0n) is 10.8. The fraction of sp³-hybridized carbons (Fsp3) is 0. The van der Waals surface area contributed by atoms with Gasteiger partial charge >= 0.3 is 0 Å². The summed E-state index contributed by atoms with van der Waals surface area (Å²) in [6.45, 7) is 0. The molecule has 2 heteroatoms. The summed E-state index contributed by atoms with van der Waals surface area (Å²) in [7, 11) is 0. The molecule has 1 aliphatic rings. The van der Waals surface area contributed by atoms with Gasteiger partial charge in [0.2, 0.25) is 0 Å². The molecule has 1 N–H and O–H groups in total. The lowest BCUT2D eigenvalue weighted by Gasteiger charge is -2.12. The van der Waals surface area contributed by atoms with Crippen LogP contribution in [-0.2, 0) is 4.84 Å². The number of hydrogen-bond donors (Lipinski definition) is 1. The number of allylic oxidation sites excluding steroid dienone is 2. The van der Waals surface area contributed by atoms with Crippen molar-refractivity contribution < 1.29 is 4.84 Å². The van der Waals surface area contributed by atoms with Gasteiger partial charge in [0.1, 0.15) is 0 Å². The third-order valence-electron chi connectivity index (χ3n) is 3.57. The molecule has 2 nitrogen and oxygen atoms in total. The molecule has 1 heterocycles. The van der Waals surface area contributed by atoms with Gasteiger partial charge in [-0.15, -0.1) is 0 Å². The Hall–Kier alpha value is -2.74. The van der Waals surface area contributed by atoms with Gasteiger partial charge in [-0.2, -0.15) is 0 Å². The van der Waals surface area contributed by atoms with E-state index in [1.165, 1.54) is 21.5 Å². The van der Waals surface area contributed by atoms with E-state index < -0.39 is 0 Å². The molecular formula is C18H13NO. The third-order valence-corrected chi connectivity index (χ3v) is 3.57. The first-order chi connectivity index (χ1) is 9.90. The maximum Gasteiger partial charge on any atom is 0.162 e. The Balaban J connectivity index is 1.92. The monoisotopic (exact) mass is 259 g/mol. The predicted octanol–water partition coefficient (Wildman–Crippen LogP) is 4.38. The number of hydroxylamine groups is 1. The average Bonchev–Trinajstić information content (AvgIpc) is 2.53. The molecule has 0 saturated heterocycles. The lowest BCUT2D eigenvalue weighted by Crippen LogP contribution is -2.08. The van der Waals surface area contributed by atoms with Crippen LogP contribution in [0.2, 0.25) is 0 Å². The van der Waals surface area contributed by atoms with Gasteiger partial charge in [0, 0.05) is 11.8 Å². The SMILES string of the molecule is C1=CNOC(c2ccc3cc4ccccc4cc3c2)=C1. The van der Waals surface area contributed by atoms with Gasteiger partial charge in [-0.3, -0.25) is 0 Å². The number of fused-ring (bicyclic) bond motifs is 2. The Morgan fingerprint density at radius 2 is 1.50 bits per heavy atom. The minimum Gasteiger partial charge on any atom is -0.382 e. The van der Waals surface area contributed by atoms with Gasteiger partial charge in [0.05, 0.1) is 0 Å². The van der Waals surface area contributed by atoms with Crippen molar-refractivity contribution in [3.8, 4) is 0 Å². The van der Waals surface area contributed by atoms with Gasteiger partial charge in [-0.1, -0.05) is 36.4 Å². The van der Waals surface area contributed by atoms with E-state index in [-0.39, 0.29) is 0 Å². The summed E-state index contributed by atoms with van der Waals surface area (Å²) in [6.07, 6.45) is 5.65. The molecule has 0 saturated carbocycles. The lowest BCUT2D eigenvalue weighted by molar-refractivity contribution is 0.198. The van der Waals surface area contributed by atoms with E-state index in [4.69, 9.17) is 4.84 Å². The zero-order chi connectivity index (χ0) is 13.4. The Bertz CT molecular complexity index is 862. The maximum atomic E-state index is 5.42. The molecule has 3 aromatic carbocycles. The van der Waals surface area contributed by atoms with Gasteiger partial charge in [-0.05, 0) is 51.9 Å². The van der Waals surface area contributed by atoms with Crippen LogP contribution in [0.25, 0.3) is 27.3 Å². The molecule has 0 bridgehead atoms. The van der Waals surface area contributed by atoms with Crippen molar-refractivity contribution in [2.45, 2.75) is 0 Å². The summed E-state index contributed by atoms with van der Waals surface area (Å²) in [6, 6.07) is 19.3. The molecule has 0 atom stereocenters. The second-order valence-electron chi connectivity index (χ2n) is 4.87. The average molecular weight is 259 g/mol. The van der Waals surface area contributed by atoms with Crippen LogP contribution in [0.1, 0.15) is 5.56 Å². The zero-order valence-corrected chi connectivity index (χ0v) is 10.8. The standard InChI is InChI=1S/C18H13NO/c1-2-5-14-11-17-12-16(18-6-3-9-19-20-18)8-7-15(17)10-13(14)4-1/h1-12,19H. The van der Waals surface area contributed by atoms with Crippen LogP contribution in [0.5, 0.6) is 0 Å². The second kappa shape index (κ2) is 4.42. The largest absolute Gasteiger partial charge is 0.382 e. The highest BCUT2D eigenvalue weighted by Crippen LogP contribution is 2.26. The maximum absolute atomic E-state index is 5.42. The summed E-state index contributed by atoms with van der Waals surface area (Å²) in [5, 5.41) is 4.99. The molecule has 1 aliphatic heterocycles. The van der Waals surface area contributed by atoms with E-state index in [0.29, 0.717) is 0 Å². The van der Waals surface area contributed by atoms with Crippen LogP contribution < -0.4 is 5.48 Å². The van der Waals surface area contributed by atoms with Gasteiger partial charge < -0.3 is 4.84 Å². The quantitative estimate of drug-likeness (QED) is 0.655. The Morgan fingerprint density at radius 3 is 2.25 bits per heavy atom. The van der Waals surface area contributed by atoms with Crippen LogP contribution >= 0.6 is 0 Å². The van der Waals surface area contributed by atoms with Crippen molar-refractivity contribution in [3.63, 3.8) is 0 Å². The van der Waals surface area contributed by atoms with Crippen LogP contribution in [0.15, 0.2) is 72.9 Å². The summed E-state index contributed by atoms with van der Waals surface area (Å²) >= 11 is 0. The second-order valence-corrected chi connectivity index (χ2v) is 4.87. The van der Waals surface area contributed by atoms with E-state index >= 15 is 0 Å². The fourth-order valence-corrected chi connectivity index (χ4v) is 2.55. The van der Waals surface area contributed by atoms with Crippen molar-refractivity contribution in [2.24, 2.45) is 0 Å². The first-order valence-corrected chi connectivity index (χ1v) is 6.62. The molecule has 0 unspecified atom stereocenters. The molecular weight excluding hydrogens is 246 g/mol. The molecule has 0 aromatic heterocycles. The highest BCUT2D eigenvalue weighted by atomic mass is 16.6. The van der Waals surface area contributed by atoms with Crippen molar-refractivity contribution in [3.05, 3.63) is 78.5 Å². The molecule has 20 heavy (non-hydrogen) atoms. The normalized spacial score (nSPS) is 13.9. The fourth-order valence-electron chi connectivity index (χ4n) is 2.55. The lowest BCUT2D eigenvalue weighted by atomic mass is 10.0. The van der Waals surface area contributed by atoms with E-state index in [2.05, 4.69) is 60.1 Å². The van der Waals surface area contributed by atoms with Gasteiger partial charge in [0.25, 0.3) is 0 Å². The molecule has 0 fully saturated rings. The first-order valence-electron chi connectivity index (χ1n) is 6.62. The van der Waals surface area contributed by atoms with Crippen LogP contribution in [0.3, 0.4) is 0 Å². The Labute approximate surface area is 116 Å². The minimum atomic E-state index is 0.836. The van der Waals surface area contributed by atoms with Crippen molar-refractivity contribution in [1.29, 1.82) is 0 Å². The molecule has 3 aromatic rings. The van der Waals surface area contributed by atoms with Gasteiger partial charge in [0.15, 0.2) is 5.76 Å². The molecule has 0 aliphatic carbocycles. The molecule has 0 amide bonds. The van der Waals surface area contributed by atoms with Crippen molar-refractivity contribution >= 4 is 27.3 Å². The molecule has 96 valence electrons. The third kappa shape index (κ3) is 1.82. The number of hydrogen-bond acceptors (Lipinski definition) is 2. The summed E-state index contributed by atoms with van der Waals surface area (Å²) < 4.78 is 0.